The predicted molar refractivity (Wildman–Crippen MR) is 81.6 cm³/mol. The third kappa shape index (κ3) is 6.39. The van der Waals surface area contributed by atoms with Gasteiger partial charge < -0.3 is 15.4 Å². The molecule has 1 aromatic rings. The zero-order valence-electron chi connectivity index (χ0n) is 13.7. The molecule has 0 aliphatic heterocycles. The number of hydrogen-bond donors (Lipinski definition) is 2. The van der Waals surface area contributed by atoms with E-state index in [1.807, 2.05) is 6.92 Å². The molecule has 4 nitrogen and oxygen atoms in total. The van der Waals surface area contributed by atoms with Crippen molar-refractivity contribution in [3.8, 4) is 0 Å². The molecule has 2 N–H and O–H groups in total. The van der Waals surface area contributed by atoms with E-state index in [9.17, 15) is 13.6 Å². The van der Waals surface area contributed by atoms with Gasteiger partial charge >= 0.3 is 6.09 Å². The number of benzene rings is 1. The van der Waals surface area contributed by atoms with E-state index in [2.05, 4.69) is 10.6 Å². The zero-order chi connectivity index (χ0) is 16.9. The third-order valence-corrected chi connectivity index (χ3v) is 2.91. The number of amides is 1. The Morgan fingerprint density at radius 3 is 2.45 bits per heavy atom. The van der Waals surface area contributed by atoms with Crippen molar-refractivity contribution >= 4 is 6.09 Å². The van der Waals surface area contributed by atoms with Crippen molar-refractivity contribution in [2.75, 3.05) is 6.54 Å². The van der Waals surface area contributed by atoms with Gasteiger partial charge in [0.05, 0.1) is 0 Å². The van der Waals surface area contributed by atoms with Crippen LogP contribution in [0.4, 0.5) is 13.6 Å². The summed E-state index contributed by atoms with van der Waals surface area (Å²) in [4.78, 5) is 11.5. The lowest BCUT2D eigenvalue weighted by atomic mass is 10.1. The Kier molecular flexibility index (Phi) is 6.29. The molecule has 0 saturated heterocycles. The quantitative estimate of drug-likeness (QED) is 0.874. The van der Waals surface area contributed by atoms with Crippen LogP contribution in [0.5, 0.6) is 0 Å². The fraction of sp³-hybridized carbons (Fsp3) is 0.562. The van der Waals surface area contributed by atoms with Gasteiger partial charge in [-0.1, -0.05) is 6.07 Å². The van der Waals surface area contributed by atoms with Crippen LogP contribution < -0.4 is 10.6 Å². The van der Waals surface area contributed by atoms with E-state index < -0.39 is 23.3 Å². The molecule has 22 heavy (non-hydrogen) atoms. The highest BCUT2D eigenvalue weighted by Crippen LogP contribution is 2.18. The van der Waals surface area contributed by atoms with Crippen LogP contribution in [-0.4, -0.2) is 24.3 Å². The second kappa shape index (κ2) is 7.54. The third-order valence-electron chi connectivity index (χ3n) is 2.91. The molecular weight excluding hydrogens is 290 g/mol. The van der Waals surface area contributed by atoms with Gasteiger partial charge in [-0.25, -0.2) is 13.6 Å². The highest BCUT2D eigenvalue weighted by atomic mass is 19.1. The molecule has 0 radical (unpaired) electrons. The van der Waals surface area contributed by atoms with E-state index in [0.717, 1.165) is 6.07 Å². The second-order valence-corrected chi connectivity index (χ2v) is 6.34. The van der Waals surface area contributed by atoms with Crippen molar-refractivity contribution in [3.63, 3.8) is 0 Å². The Hall–Kier alpha value is -1.69. The normalized spacial score (nSPS) is 14.3. The van der Waals surface area contributed by atoms with Crippen LogP contribution in [-0.2, 0) is 4.74 Å². The van der Waals surface area contributed by atoms with Crippen LogP contribution >= 0.6 is 0 Å². The Balaban J connectivity index is 2.47. The highest BCUT2D eigenvalue weighted by Gasteiger charge is 2.18. The summed E-state index contributed by atoms with van der Waals surface area (Å²) in [6.07, 6.45) is -0.498. The van der Waals surface area contributed by atoms with Crippen LogP contribution in [0.25, 0.3) is 0 Å². The Morgan fingerprint density at radius 2 is 1.91 bits per heavy atom. The topological polar surface area (TPSA) is 50.4 Å². The van der Waals surface area contributed by atoms with Crippen LogP contribution in [0.15, 0.2) is 18.2 Å². The maximum Gasteiger partial charge on any atom is 0.407 e. The van der Waals surface area contributed by atoms with E-state index >= 15 is 0 Å². The minimum atomic E-state index is -0.604. The van der Waals surface area contributed by atoms with Crippen molar-refractivity contribution in [3.05, 3.63) is 35.4 Å². The van der Waals surface area contributed by atoms with E-state index in [4.69, 9.17) is 4.74 Å². The minimum Gasteiger partial charge on any atom is -0.444 e. The molecule has 0 heterocycles. The first-order valence-corrected chi connectivity index (χ1v) is 7.26. The molecule has 1 amide bonds. The van der Waals surface area contributed by atoms with Crippen molar-refractivity contribution < 1.29 is 18.3 Å². The van der Waals surface area contributed by atoms with E-state index in [1.165, 1.54) is 12.1 Å². The van der Waals surface area contributed by atoms with Gasteiger partial charge in [-0.15, -0.1) is 0 Å². The maximum absolute atomic E-state index is 13.7. The summed E-state index contributed by atoms with van der Waals surface area (Å²) in [7, 11) is 0. The molecule has 0 aromatic heterocycles. The van der Waals surface area contributed by atoms with E-state index in [0.29, 0.717) is 12.1 Å². The summed E-state index contributed by atoms with van der Waals surface area (Å²) in [6.45, 7) is 9.33. The number of alkyl carbamates (subject to hydrolysis) is 1. The van der Waals surface area contributed by atoms with Crippen molar-refractivity contribution in [1.82, 2.24) is 10.6 Å². The fourth-order valence-electron chi connectivity index (χ4n) is 1.98. The molecule has 124 valence electrons. The summed E-state index contributed by atoms with van der Waals surface area (Å²) in [5.74, 6) is -1.19. The van der Waals surface area contributed by atoms with Crippen molar-refractivity contribution in [1.29, 1.82) is 0 Å². The summed E-state index contributed by atoms with van der Waals surface area (Å²) >= 11 is 0. The first kappa shape index (κ1) is 18.4. The lowest BCUT2D eigenvalue weighted by Crippen LogP contribution is -2.42. The lowest BCUT2D eigenvalue weighted by Gasteiger charge is -2.23. The van der Waals surface area contributed by atoms with Gasteiger partial charge in [-0.2, -0.15) is 0 Å². The predicted octanol–water partition coefficient (Wildman–Crippen LogP) is 3.53. The number of hydrogen-bond acceptors (Lipinski definition) is 3. The molecule has 2 unspecified atom stereocenters. The first-order chi connectivity index (χ1) is 10.1. The maximum atomic E-state index is 13.7. The summed E-state index contributed by atoms with van der Waals surface area (Å²) in [5.41, 5.74) is -0.170. The second-order valence-electron chi connectivity index (χ2n) is 6.34. The molecule has 0 bridgehead atoms. The number of carbonyl (C=O) groups excluding carboxylic acids is 1. The molecule has 1 rings (SSSR count). The molecule has 1 aromatic carbocycles. The summed E-state index contributed by atoms with van der Waals surface area (Å²) in [5, 5.41) is 5.78. The summed E-state index contributed by atoms with van der Waals surface area (Å²) in [6, 6.07) is 3.08. The van der Waals surface area contributed by atoms with Crippen molar-refractivity contribution in [2.45, 2.75) is 52.3 Å². The van der Waals surface area contributed by atoms with Gasteiger partial charge in [0.1, 0.15) is 17.2 Å². The Labute approximate surface area is 130 Å². The number of nitrogens with one attached hydrogen (secondary N) is 2. The van der Waals surface area contributed by atoms with Gasteiger partial charge in [0.2, 0.25) is 0 Å². The minimum absolute atomic E-state index is 0.105. The highest BCUT2D eigenvalue weighted by molar-refractivity contribution is 5.67. The molecular formula is C16H24F2N2O2. The molecule has 0 spiro atoms. The smallest absolute Gasteiger partial charge is 0.407 e. The number of halogens is 2. The Morgan fingerprint density at radius 1 is 1.27 bits per heavy atom. The van der Waals surface area contributed by atoms with Gasteiger partial charge in [0.15, 0.2) is 0 Å². The van der Waals surface area contributed by atoms with Crippen LogP contribution in [0.1, 0.15) is 46.2 Å². The van der Waals surface area contributed by atoms with Crippen molar-refractivity contribution in [2.24, 2.45) is 0 Å². The fourth-order valence-corrected chi connectivity index (χ4v) is 1.98. The standard InChI is InChI=1S/C16H24F2N2O2/c1-10(9-19-15(21)22-16(3,4)5)20-11(2)13-7-6-12(17)8-14(13)18/h6-8,10-11,20H,9H2,1-5H3,(H,19,21). The largest absolute Gasteiger partial charge is 0.444 e. The molecule has 2 atom stereocenters. The molecule has 6 heteroatoms. The van der Waals surface area contributed by atoms with Gasteiger partial charge in [-0.05, 0) is 40.7 Å². The monoisotopic (exact) mass is 314 g/mol. The number of carbonyl (C=O) groups is 1. The average Bonchev–Trinajstić information content (AvgIpc) is 2.34. The van der Waals surface area contributed by atoms with Crippen LogP contribution in [0, 0.1) is 11.6 Å². The van der Waals surface area contributed by atoms with Crippen LogP contribution in [0.2, 0.25) is 0 Å². The molecule has 0 saturated carbocycles. The van der Waals surface area contributed by atoms with E-state index in [1.54, 1.807) is 27.7 Å². The molecule has 0 fully saturated rings. The van der Waals surface area contributed by atoms with Gasteiger partial charge in [0, 0.05) is 30.3 Å². The van der Waals surface area contributed by atoms with E-state index in [-0.39, 0.29) is 12.1 Å². The zero-order valence-corrected chi connectivity index (χ0v) is 13.7. The molecule has 0 aliphatic rings. The average molecular weight is 314 g/mol. The molecule has 0 aliphatic carbocycles. The Bertz CT molecular complexity index is 515. The van der Waals surface area contributed by atoms with Crippen LogP contribution in [0.3, 0.4) is 0 Å². The van der Waals surface area contributed by atoms with Gasteiger partial charge in [-0.3, -0.25) is 0 Å². The summed E-state index contributed by atoms with van der Waals surface area (Å²) < 4.78 is 31.7. The number of ether oxygens (including phenoxy) is 1. The first-order valence-electron chi connectivity index (χ1n) is 7.26. The lowest BCUT2D eigenvalue weighted by molar-refractivity contribution is 0.0522. The SMILES string of the molecule is CC(CNC(=O)OC(C)(C)C)NC(C)c1ccc(F)cc1F. The van der Waals surface area contributed by atoms with Gasteiger partial charge in [0.25, 0.3) is 0 Å². The number of rotatable bonds is 5.